The Balaban J connectivity index is 1.66. The molecule has 2 amide bonds. The average Bonchev–Trinajstić information content (AvgIpc) is 2.94. The van der Waals surface area contributed by atoms with Crippen molar-refractivity contribution in [3.05, 3.63) is 120 Å². The predicted octanol–water partition coefficient (Wildman–Crippen LogP) is 6.47. The van der Waals surface area contributed by atoms with Gasteiger partial charge in [-0.15, -0.1) is 0 Å². The first-order valence-electron chi connectivity index (χ1n) is 13.3. The maximum Gasteiger partial charge on any atom is 0.243 e. The Morgan fingerprint density at radius 3 is 2.26 bits per heavy atom. The van der Waals surface area contributed by atoms with E-state index in [1.165, 1.54) is 6.07 Å². The van der Waals surface area contributed by atoms with Gasteiger partial charge in [0.05, 0.1) is 0 Å². The molecule has 0 fully saturated rings. The highest BCUT2D eigenvalue weighted by atomic mass is 19.1. The van der Waals surface area contributed by atoms with Crippen molar-refractivity contribution in [1.29, 1.82) is 0 Å². The number of aryl methyl sites for hydroxylation is 1. The minimum atomic E-state index is -0.772. The van der Waals surface area contributed by atoms with Crippen LogP contribution in [0.4, 0.5) is 4.39 Å². The molecule has 5 heteroatoms. The molecule has 2 atom stereocenters. The highest BCUT2D eigenvalue weighted by molar-refractivity contribution is 5.89. The molecule has 4 rings (SSSR count). The van der Waals surface area contributed by atoms with Crippen molar-refractivity contribution in [2.75, 3.05) is 0 Å². The van der Waals surface area contributed by atoms with Crippen LogP contribution in [0.2, 0.25) is 0 Å². The summed E-state index contributed by atoms with van der Waals surface area (Å²) in [7, 11) is 0. The van der Waals surface area contributed by atoms with Crippen molar-refractivity contribution in [1.82, 2.24) is 10.2 Å². The number of carbonyl (C=O) groups is 2. The summed E-state index contributed by atoms with van der Waals surface area (Å²) in [6.45, 7) is 3.97. The second-order valence-corrected chi connectivity index (χ2v) is 9.77. The molecule has 0 bridgehead atoms. The number of rotatable bonds is 11. The number of nitrogens with one attached hydrogen (secondary N) is 1. The minimum Gasteiger partial charge on any atom is -0.352 e. The first-order valence-corrected chi connectivity index (χ1v) is 13.3. The lowest BCUT2D eigenvalue weighted by atomic mass is 9.99. The van der Waals surface area contributed by atoms with Crippen molar-refractivity contribution in [3.8, 4) is 0 Å². The third-order valence-corrected chi connectivity index (χ3v) is 7.06. The summed E-state index contributed by atoms with van der Waals surface area (Å²) < 4.78 is 14.8. The summed E-state index contributed by atoms with van der Waals surface area (Å²) in [5, 5.41) is 5.29. The molecular formula is C33H35FN2O2. The van der Waals surface area contributed by atoms with Gasteiger partial charge >= 0.3 is 0 Å². The molecule has 4 aromatic carbocycles. The number of fused-ring (bicyclic) bond motifs is 1. The number of amides is 2. The van der Waals surface area contributed by atoms with Crippen LogP contribution in [0.25, 0.3) is 10.8 Å². The Kier molecular flexibility index (Phi) is 9.26. The van der Waals surface area contributed by atoms with Crippen LogP contribution in [-0.2, 0) is 29.0 Å². The van der Waals surface area contributed by atoms with E-state index >= 15 is 0 Å². The summed E-state index contributed by atoms with van der Waals surface area (Å²) in [5.41, 5.74) is 2.41. The van der Waals surface area contributed by atoms with Crippen LogP contribution in [0.15, 0.2) is 97.1 Å². The van der Waals surface area contributed by atoms with Gasteiger partial charge in [0, 0.05) is 31.0 Å². The van der Waals surface area contributed by atoms with E-state index in [1.54, 1.807) is 23.1 Å². The van der Waals surface area contributed by atoms with Crippen LogP contribution in [0.3, 0.4) is 0 Å². The van der Waals surface area contributed by atoms with Crippen LogP contribution in [-0.4, -0.2) is 28.8 Å². The SMILES string of the molecule is CC[C@H](C)NC(=O)[C@H](Cc1ccccc1)N(Cc1ccccc1F)C(=O)CCc1cccc2ccccc12. The molecule has 0 aliphatic heterocycles. The van der Waals surface area contributed by atoms with Crippen LogP contribution in [0.1, 0.15) is 43.4 Å². The fraction of sp³-hybridized carbons (Fsp3) is 0.273. The van der Waals surface area contributed by atoms with Crippen molar-refractivity contribution in [2.45, 2.75) is 58.2 Å². The van der Waals surface area contributed by atoms with Crippen LogP contribution in [0, 0.1) is 5.82 Å². The van der Waals surface area contributed by atoms with Crippen LogP contribution >= 0.6 is 0 Å². The third-order valence-electron chi connectivity index (χ3n) is 7.06. The van der Waals surface area contributed by atoms with Crippen molar-refractivity contribution in [3.63, 3.8) is 0 Å². The summed E-state index contributed by atoms with van der Waals surface area (Å²) >= 11 is 0. The normalized spacial score (nSPS) is 12.6. The second kappa shape index (κ2) is 13.0. The van der Waals surface area contributed by atoms with Gasteiger partial charge in [-0.05, 0) is 47.7 Å². The minimum absolute atomic E-state index is 0.0203. The molecule has 4 nitrogen and oxygen atoms in total. The standard InChI is InChI=1S/C33H35FN2O2/c1-3-24(2)35-33(38)31(22-25-12-5-4-6-13-25)36(23-28-15-8-10-19-30(28)34)32(37)21-20-27-17-11-16-26-14-7-9-18-29(26)27/h4-19,24,31H,3,20-23H2,1-2H3,(H,35,38)/t24-,31-/m0/s1. The van der Waals surface area contributed by atoms with Gasteiger partial charge in [-0.3, -0.25) is 9.59 Å². The van der Waals surface area contributed by atoms with Gasteiger partial charge < -0.3 is 10.2 Å². The smallest absolute Gasteiger partial charge is 0.243 e. The first kappa shape index (κ1) is 27.1. The Morgan fingerprint density at radius 1 is 0.842 bits per heavy atom. The van der Waals surface area contributed by atoms with Gasteiger partial charge in [0.25, 0.3) is 0 Å². The molecule has 0 unspecified atom stereocenters. The lowest BCUT2D eigenvalue weighted by molar-refractivity contribution is -0.141. The summed E-state index contributed by atoms with van der Waals surface area (Å²) in [6, 6.07) is 29.5. The van der Waals surface area contributed by atoms with Crippen LogP contribution < -0.4 is 5.32 Å². The molecule has 196 valence electrons. The number of benzene rings is 4. The highest BCUT2D eigenvalue weighted by Gasteiger charge is 2.31. The first-order chi connectivity index (χ1) is 18.5. The van der Waals surface area contributed by atoms with Gasteiger partial charge in [0.1, 0.15) is 11.9 Å². The molecule has 0 saturated carbocycles. The fourth-order valence-corrected chi connectivity index (χ4v) is 4.70. The van der Waals surface area contributed by atoms with E-state index in [2.05, 4.69) is 23.5 Å². The van der Waals surface area contributed by atoms with E-state index in [0.29, 0.717) is 18.4 Å². The lowest BCUT2D eigenvalue weighted by Crippen LogP contribution is -2.52. The quantitative estimate of drug-likeness (QED) is 0.252. The second-order valence-electron chi connectivity index (χ2n) is 9.77. The summed E-state index contributed by atoms with van der Waals surface area (Å²) in [5.74, 6) is -0.792. The van der Waals surface area contributed by atoms with E-state index < -0.39 is 6.04 Å². The number of carbonyl (C=O) groups excluding carboxylic acids is 2. The molecule has 1 N–H and O–H groups in total. The molecule has 0 radical (unpaired) electrons. The van der Waals surface area contributed by atoms with E-state index in [9.17, 15) is 14.0 Å². The summed E-state index contributed by atoms with van der Waals surface area (Å²) in [6.07, 6.45) is 1.85. The van der Waals surface area contributed by atoms with Gasteiger partial charge in [-0.1, -0.05) is 97.9 Å². The number of hydrogen-bond acceptors (Lipinski definition) is 2. The van der Waals surface area contributed by atoms with Gasteiger partial charge in [-0.25, -0.2) is 4.39 Å². The monoisotopic (exact) mass is 510 g/mol. The maximum atomic E-state index is 14.8. The molecule has 4 aromatic rings. The van der Waals surface area contributed by atoms with Crippen molar-refractivity contribution in [2.24, 2.45) is 0 Å². The zero-order valence-electron chi connectivity index (χ0n) is 22.1. The maximum absolute atomic E-state index is 14.8. The molecule has 0 saturated heterocycles. The van der Waals surface area contributed by atoms with Gasteiger partial charge in [-0.2, -0.15) is 0 Å². The molecule has 38 heavy (non-hydrogen) atoms. The third kappa shape index (κ3) is 6.86. The highest BCUT2D eigenvalue weighted by Crippen LogP contribution is 2.22. The largest absolute Gasteiger partial charge is 0.352 e. The van der Waals surface area contributed by atoms with Crippen molar-refractivity contribution < 1.29 is 14.0 Å². The predicted molar refractivity (Wildman–Crippen MR) is 151 cm³/mol. The molecule has 0 spiro atoms. The lowest BCUT2D eigenvalue weighted by Gasteiger charge is -2.32. The topological polar surface area (TPSA) is 49.4 Å². The molecule has 0 aromatic heterocycles. The van der Waals surface area contributed by atoms with E-state index in [1.807, 2.05) is 68.4 Å². The molecular weight excluding hydrogens is 475 g/mol. The Bertz CT molecular complexity index is 1370. The van der Waals surface area contributed by atoms with E-state index in [4.69, 9.17) is 0 Å². The Labute approximate surface area is 224 Å². The number of hydrogen-bond donors (Lipinski definition) is 1. The van der Waals surface area contributed by atoms with Crippen molar-refractivity contribution >= 4 is 22.6 Å². The molecule has 0 aliphatic carbocycles. The Hall–Kier alpha value is -3.99. The van der Waals surface area contributed by atoms with E-state index in [-0.39, 0.29) is 36.6 Å². The van der Waals surface area contributed by atoms with Crippen LogP contribution in [0.5, 0.6) is 0 Å². The number of halogens is 1. The number of nitrogens with zero attached hydrogens (tertiary/aromatic N) is 1. The van der Waals surface area contributed by atoms with Gasteiger partial charge in [0.15, 0.2) is 0 Å². The molecule has 0 aliphatic rings. The van der Waals surface area contributed by atoms with E-state index in [0.717, 1.165) is 28.3 Å². The fourth-order valence-electron chi connectivity index (χ4n) is 4.70. The Morgan fingerprint density at radius 2 is 1.50 bits per heavy atom. The average molecular weight is 511 g/mol. The zero-order valence-corrected chi connectivity index (χ0v) is 22.1. The summed E-state index contributed by atoms with van der Waals surface area (Å²) in [4.78, 5) is 29.0. The molecule has 0 heterocycles. The van der Waals surface area contributed by atoms with Gasteiger partial charge in [0.2, 0.25) is 11.8 Å². The zero-order chi connectivity index (χ0) is 26.9.